The van der Waals surface area contributed by atoms with Gasteiger partial charge >= 0.3 is 5.97 Å². The summed E-state index contributed by atoms with van der Waals surface area (Å²) in [7, 11) is -2.36. The van der Waals surface area contributed by atoms with Gasteiger partial charge in [0.05, 0.1) is 12.0 Å². The Morgan fingerprint density at radius 3 is 2.40 bits per heavy atom. The monoisotopic (exact) mass is 226 g/mol. The van der Waals surface area contributed by atoms with Gasteiger partial charge in [0, 0.05) is 11.5 Å². The van der Waals surface area contributed by atoms with E-state index >= 15 is 0 Å². The fourth-order valence-corrected chi connectivity index (χ4v) is 1.89. The van der Waals surface area contributed by atoms with Crippen molar-refractivity contribution in [2.75, 3.05) is 7.11 Å². The predicted molar refractivity (Wildman–Crippen MR) is 54.8 cm³/mol. The van der Waals surface area contributed by atoms with Crippen LogP contribution in [0.1, 0.15) is 0 Å². The second-order valence-electron chi connectivity index (χ2n) is 2.68. The van der Waals surface area contributed by atoms with E-state index in [0.717, 1.165) is 11.5 Å². The van der Waals surface area contributed by atoms with Crippen LogP contribution in [0.25, 0.3) is 0 Å². The molecule has 0 saturated heterocycles. The van der Waals surface area contributed by atoms with E-state index in [1.807, 2.05) is 0 Å². The highest BCUT2D eigenvalue weighted by atomic mass is 32.2. The van der Waals surface area contributed by atoms with Gasteiger partial charge in [0.25, 0.3) is 0 Å². The van der Waals surface area contributed by atoms with Gasteiger partial charge in [-0.2, -0.15) is 0 Å². The van der Waals surface area contributed by atoms with Gasteiger partial charge in [0.15, 0.2) is 9.84 Å². The van der Waals surface area contributed by atoms with Crippen LogP contribution in [0.4, 0.5) is 0 Å². The Balaban J connectivity index is 2.96. The number of methoxy groups -OCH3 is 1. The Hall–Kier alpha value is -1.62. The Labute approximate surface area is 88.1 Å². The third-order valence-corrected chi connectivity index (χ3v) is 3.08. The van der Waals surface area contributed by atoms with Crippen molar-refractivity contribution in [2.45, 2.75) is 4.90 Å². The lowest BCUT2D eigenvalue weighted by molar-refractivity contribution is -0.134. The van der Waals surface area contributed by atoms with Gasteiger partial charge in [0.1, 0.15) is 0 Å². The van der Waals surface area contributed by atoms with Crippen molar-refractivity contribution in [1.29, 1.82) is 0 Å². The summed E-state index contributed by atoms with van der Waals surface area (Å²) in [4.78, 5) is 10.9. The van der Waals surface area contributed by atoms with Crippen LogP contribution >= 0.6 is 0 Å². The number of rotatable bonds is 3. The second kappa shape index (κ2) is 4.75. The van der Waals surface area contributed by atoms with Gasteiger partial charge in [-0.25, -0.2) is 13.2 Å². The third kappa shape index (κ3) is 3.21. The average molecular weight is 226 g/mol. The zero-order chi connectivity index (χ0) is 11.3. The van der Waals surface area contributed by atoms with Crippen molar-refractivity contribution in [3.05, 3.63) is 41.8 Å². The molecule has 0 aliphatic rings. The maximum absolute atomic E-state index is 11.6. The average Bonchev–Trinajstić information content (AvgIpc) is 2.27. The van der Waals surface area contributed by atoms with E-state index in [1.54, 1.807) is 18.2 Å². The molecule has 0 spiro atoms. The highest BCUT2D eigenvalue weighted by Gasteiger charge is 2.09. The largest absolute Gasteiger partial charge is 0.466 e. The van der Waals surface area contributed by atoms with Crippen LogP contribution in [0, 0.1) is 0 Å². The molecule has 80 valence electrons. The molecule has 1 aromatic carbocycles. The van der Waals surface area contributed by atoms with Crippen molar-refractivity contribution in [1.82, 2.24) is 0 Å². The summed E-state index contributed by atoms with van der Waals surface area (Å²) in [6.45, 7) is 0. The summed E-state index contributed by atoms with van der Waals surface area (Å²) in [5.74, 6) is -0.700. The molecule has 0 aliphatic carbocycles. The van der Waals surface area contributed by atoms with E-state index < -0.39 is 15.8 Å². The molecule has 1 rings (SSSR count). The fraction of sp³-hybridized carbons (Fsp3) is 0.100. The van der Waals surface area contributed by atoms with E-state index in [2.05, 4.69) is 4.74 Å². The van der Waals surface area contributed by atoms with Crippen LogP contribution < -0.4 is 0 Å². The van der Waals surface area contributed by atoms with Crippen LogP contribution in [-0.2, 0) is 19.4 Å². The third-order valence-electron chi connectivity index (χ3n) is 1.66. The highest BCUT2D eigenvalue weighted by Crippen LogP contribution is 2.10. The first-order chi connectivity index (χ1) is 7.06. The smallest absolute Gasteiger partial charge is 0.331 e. The number of sulfone groups is 1. The molecule has 0 radical (unpaired) electrons. The number of hydrogen-bond donors (Lipinski definition) is 0. The summed E-state index contributed by atoms with van der Waals surface area (Å²) in [5.41, 5.74) is 0. The summed E-state index contributed by atoms with van der Waals surface area (Å²) < 4.78 is 27.4. The Bertz CT molecular complexity index is 459. The van der Waals surface area contributed by atoms with Crippen LogP contribution in [0.2, 0.25) is 0 Å². The van der Waals surface area contributed by atoms with Crippen LogP contribution in [0.3, 0.4) is 0 Å². The van der Waals surface area contributed by atoms with Crippen molar-refractivity contribution >= 4 is 15.8 Å². The highest BCUT2D eigenvalue weighted by molar-refractivity contribution is 7.94. The molecular weight excluding hydrogens is 216 g/mol. The quantitative estimate of drug-likeness (QED) is 0.573. The van der Waals surface area contributed by atoms with Crippen LogP contribution in [-0.4, -0.2) is 21.5 Å². The van der Waals surface area contributed by atoms with Crippen molar-refractivity contribution < 1.29 is 17.9 Å². The molecule has 5 heteroatoms. The Morgan fingerprint density at radius 1 is 1.27 bits per heavy atom. The van der Waals surface area contributed by atoms with E-state index in [1.165, 1.54) is 19.2 Å². The van der Waals surface area contributed by atoms with Gasteiger partial charge in [-0.05, 0) is 12.1 Å². The Kier molecular flexibility index (Phi) is 3.62. The topological polar surface area (TPSA) is 60.4 Å². The number of carbonyl (C=O) groups excluding carboxylic acids is 1. The molecule has 0 fully saturated rings. The second-order valence-corrected chi connectivity index (χ2v) is 4.52. The first kappa shape index (κ1) is 11.5. The lowest BCUT2D eigenvalue weighted by Crippen LogP contribution is -1.99. The molecule has 15 heavy (non-hydrogen) atoms. The number of carbonyl (C=O) groups is 1. The van der Waals surface area contributed by atoms with Gasteiger partial charge in [0.2, 0.25) is 0 Å². The Morgan fingerprint density at radius 2 is 1.87 bits per heavy atom. The van der Waals surface area contributed by atoms with Crippen LogP contribution in [0.5, 0.6) is 0 Å². The maximum Gasteiger partial charge on any atom is 0.331 e. The van der Waals surface area contributed by atoms with Crippen molar-refractivity contribution in [3.63, 3.8) is 0 Å². The first-order valence-electron chi connectivity index (χ1n) is 4.12. The van der Waals surface area contributed by atoms with E-state index in [-0.39, 0.29) is 4.90 Å². The van der Waals surface area contributed by atoms with E-state index in [9.17, 15) is 13.2 Å². The molecule has 0 amide bonds. The normalized spacial score (nSPS) is 11.5. The van der Waals surface area contributed by atoms with Crippen molar-refractivity contribution in [2.24, 2.45) is 0 Å². The number of benzene rings is 1. The molecular formula is C10H10O4S. The summed E-state index contributed by atoms with van der Waals surface area (Å²) in [6.07, 6.45) is 0.877. The molecule has 0 atom stereocenters. The van der Waals surface area contributed by atoms with Gasteiger partial charge in [-0.1, -0.05) is 18.2 Å². The number of ether oxygens (including phenoxy) is 1. The van der Waals surface area contributed by atoms with Crippen molar-refractivity contribution in [3.8, 4) is 0 Å². The number of hydrogen-bond acceptors (Lipinski definition) is 4. The minimum atomic E-state index is -3.55. The molecule has 0 heterocycles. The number of esters is 1. The van der Waals surface area contributed by atoms with E-state index in [4.69, 9.17) is 0 Å². The molecule has 0 aromatic heterocycles. The zero-order valence-corrected chi connectivity index (χ0v) is 8.90. The lowest BCUT2D eigenvalue weighted by Gasteiger charge is -1.97. The van der Waals surface area contributed by atoms with Gasteiger partial charge in [-0.3, -0.25) is 0 Å². The molecule has 0 saturated carbocycles. The minimum absolute atomic E-state index is 0.144. The molecule has 0 N–H and O–H groups in total. The standard InChI is InChI=1S/C10H10O4S/c1-14-10(11)7-8-15(12,13)9-5-3-2-4-6-9/h2-8H,1H3/b8-7-. The van der Waals surface area contributed by atoms with Gasteiger partial charge < -0.3 is 4.74 Å². The van der Waals surface area contributed by atoms with Crippen LogP contribution in [0.15, 0.2) is 46.7 Å². The summed E-state index contributed by atoms with van der Waals surface area (Å²) in [5, 5.41) is 0.828. The van der Waals surface area contributed by atoms with E-state index in [0.29, 0.717) is 0 Å². The van der Waals surface area contributed by atoms with Gasteiger partial charge in [-0.15, -0.1) is 0 Å². The predicted octanol–water partition coefficient (Wildman–Crippen LogP) is 1.15. The molecule has 1 aromatic rings. The molecule has 0 bridgehead atoms. The lowest BCUT2D eigenvalue weighted by atomic mass is 10.4. The molecule has 0 aliphatic heterocycles. The molecule has 4 nitrogen and oxygen atoms in total. The fourth-order valence-electron chi connectivity index (χ4n) is 0.902. The maximum atomic E-state index is 11.6. The zero-order valence-electron chi connectivity index (χ0n) is 8.08. The molecule has 0 unspecified atom stereocenters. The first-order valence-corrected chi connectivity index (χ1v) is 5.67. The SMILES string of the molecule is COC(=O)/C=C\S(=O)(=O)c1ccccc1. The summed E-state index contributed by atoms with van der Waals surface area (Å²) in [6, 6.07) is 7.84. The minimum Gasteiger partial charge on any atom is -0.466 e. The summed E-state index contributed by atoms with van der Waals surface area (Å²) >= 11 is 0.